The number of nitrogens with zero attached hydrogens (tertiary/aromatic N) is 1. The van der Waals surface area contributed by atoms with Crippen LogP contribution in [0.5, 0.6) is 0 Å². The van der Waals surface area contributed by atoms with Gasteiger partial charge >= 0.3 is 5.97 Å². The van der Waals surface area contributed by atoms with Crippen molar-refractivity contribution in [3.05, 3.63) is 39.4 Å². The van der Waals surface area contributed by atoms with Gasteiger partial charge in [-0.15, -0.1) is 0 Å². The molecule has 0 radical (unpaired) electrons. The largest absolute Gasteiger partial charge is 0.460 e. The number of fused-ring (bicyclic) bond motifs is 1. The van der Waals surface area contributed by atoms with Gasteiger partial charge in [0.1, 0.15) is 0 Å². The van der Waals surface area contributed by atoms with Crippen molar-refractivity contribution in [3.63, 3.8) is 0 Å². The first-order valence-corrected chi connectivity index (χ1v) is 6.48. The molecule has 0 bridgehead atoms. The lowest BCUT2D eigenvalue weighted by atomic mass is 9.80. The van der Waals surface area contributed by atoms with Crippen molar-refractivity contribution in [1.29, 1.82) is 0 Å². The number of carbonyl (C=O) groups excluding carboxylic acids is 3. The number of rotatable bonds is 4. The van der Waals surface area contributed by atoms with Gasteiger partial charge < -0.3 is 4.74 Å². The quantitative estimate of drug-likeness (QED) is 0.273. The van der Waals surface area contributed by atoms with Gasteiger partial charge in [0.15, 0.2) is 5.78 Å². The lowest BCUT2D eigenvalue weighted by Crippen LogP contribution is -2.35. The number of ether oxygens (including phenoxy) is 1. The van der Waals surface area contributed by atoms with E-state index in [9.17, 15) is 24.5 Å². The fraction of sp³-hybridized carbons (Fsp3) is 0.357. The van der Waals surface area contributed by atoms with Crippen LogP contribution in [0.1, 0.15) is 29.3 Å². The van der Waals surface area contributed by atoms with Gasteiger partial charge in [-0.25, -0.2) is 4.79 Å². The van der Waals surface area contributed by atoms with Gasteiger partial charge in [0, 0.05) is 17.7 Å². The van der Waals surface area contributed by atoms with Crippen LogP contribution in [0, 0.1) is 16.0 Å². The molecule has 0 saturated heterocycles. The fourth-order valence-electron chi connectivity index (χ4n) is 2.34. The van der Waals surface area contributed by atoms with E-state index in [0.29, 0.717) is 12.0 Å². The zero-order valence-electron chi connectivity index (χ0n) is 11.3. The van der Waals surface area contributed by atoms with Crippen LogP contribution in [0.15, 0.2) is 18.2 Å². The van der Waals surface area contributed by atoms with Crippen LogP contribution in [0.3, 0.4) is 0 Å². The van der Waals surface area contributed by atoms with Crippen LogP contribution in [0.2, 0.25) is 0 Å². The number of benzene rings is 1. The molecule has 0 aliphatic heterocycles. The van der Waals surface area contributed by atoms with E-state index >= 15 is 0 Å². The molecule has 0 heterocycles. The molecule has 0 aromatic heterocycles. The summed E-state index contributed by atoms with van der Waals surface area (Å²) in [5.74, 6) is -3.60. The topological polar surface area (TPSA) is 104 Å². The Kier molecular flexibility index (Phi) is 4.11. The van der Waals surface area contributed by atoms with Crippen LogP contribution in [-0.4, -0.2) is 29.1 Å². The second kappa shape index (κ2) is 5.82. The number of ketones is 2. The number of Topliss-reactive ketones (excluding diaryl/α,β-unsaturated/α-hetero) is 2. The third-order valence-electron chi connectivity index (χ3n) is 3.38. The molecule has 110 valence electrons. The highest BCUT2D eigenvalue weighted by Crippen LogP contribution is 2.29. The maximum Gasteiger partial charge on any atom is 0.375 e. The zero-order chi connectivity index (χ0) is 15.6. The van der Waals surface area contributed by atoms with E-state index in [4.69, 9.17) is 0 Å². The maximum absolute atomic E-state index is 12.3. The van der Waals surface area contributed by atoms with Crippen LogP contribution < -0.4 is 0 Å². The number of hydrogen-bond acceptors (Lipinski definition) is 6. The lowest BCUT2D eigenvalue weighted by Gasteiger charge is -2.21. The molecule has 1 atom stereocenters. The van der Waals surface area contributed by atoms with E-state index in [1.54, 1.807) is 6.92 Å². The minimum atomic E-state index is -1.11. The van der Waals surface area contributed by atoms with Crippen molar-refractivity contribution in [2.75, 3.05) is 6.61 Å². The number of esters is 1. The minimum Gasteiger partial charge on any atom is -0.460 e. The molecule has 1 aromatic carbocycles. The van der Waals surface area contributed by atoms with Crippen LogP contribution in [0.4, 0.5) is 5.69 Å². The summed E-state index contributed by atoms with van der Waals surface area (Å²) in [5.41, 5.74) is 0.572. The summed E-state index contributed by atoms with van der Waals surface area (Å²) in [4.78, 5) is 45.8. The lowest BCUT2D eigenvalue weighted by molar-refractivity contribution is -0.384. The third-order valence-corrected chi connectivity index (χ3v) is 3.38. The summed E-state index contributed by atoms with van der Waals surface area (Å²) in [5, 5.41) is 10.8. The molecule has 0 spiro atoms. The summed E-state index contributed by atoms with van der Waals surface area (Å²) in [6.07, 6.45) is 0.621. The van der Waals surface area contributed by atoms with Gasteiger partial charge in [0.05, 0.1) is 17.4 Å². The minimum absolute atomic E-state index is 0.0491. The van der Waals surface area contributed by atoms with E-state index in [1.165, 1.54) is 12.1 Å². The molecule has 7 heteroatoms. The fourth-order valence-corrected chi connectivity index (χ4v) is 2.34. The van der Waals surface area contributed by atoms with Gasteiger partial charge in [-0.2, -0.15) is 0 Å². The predicted octanol–water partition coefficient (Wildman–Crippen LogP) is 1.47. The Hall–Kier alpha value is -2.57. The van der Waals surface area contributed by atoms with Crippen molar-refractivity contribution in [2.24, 2.45) is 5.92 Å². The number of nitro groups is 1. The van der Waals surface area contributed by atoms with E-state index in [0.717, 1.165) is 6.07 Å². The Balaban J connectivity index is 2.31. The van der Waals surface area contributed by atoms with Crippen LogP contribution in [0.25, 0.3) is 0 Å². The molecule has 0 amide bonds. The van der Waals surface area contributed by atoms with Gasteiger partial charge in [-0.3, -0.25) is 19.7 Å². The molecule has 1 unspecified atom stereocenters. The van der Waals surface area contributed by atoms with E-state index in [1.807, 2.05) is 0 Å². The molecule has 0 fully saturated rings. The predicted molar refractivity (Wildman–Crippen MR) is 70.9 cm³/mol. The Labute approximate surface area is 120 Å². The van der Waals surface area contributed by atoms with Crippen molar-refractivity contribution in [2.45, 2.75) is 19.8 Å². The number of non-ortho nitro benzene ring substituents is 1. The highest BCUT2D eigenvalue weighted by atomic mass is 16.6. The van der Waals surface area contributed by atoms with E-state index in [-0.39, 0.29) is 24.3 Å². The monoisotopic (exact) mass is 291 g/mol. The third kappa shape index (κ3) is 2.81. The molecule has 21 heavy (non-hydrogen) atoms. The molecule has 1 aliphatic carbocycles. The standard InChI is InChI=1S/C14H13NO6/c1-2-21-14(18)13(17)10-6-4-8-3-5-9(15(19)20)7-11(8)12(10)16/h3,5,7,10H,2,4,6H2,1H3. The molecular formula is C14H13NO6. The molecule has 0 saturated carbocycles. The molecule has 7 nitrogen and oxygen atoms in total. The first-order chi connectivity index (χ1) is 9.95. The number of hydrogen-bond donors (Lipinski definition) is 0. The second-order valence-corrected chi connectivity index (χ2v) is 4.64. The molecule has 1 aromatic rings. The highest BCUT2D eigenvalue weighted by molar-refractivity contribution is 6.39. The van der Waals surface area contributed by atoms with Crippen molar-refractivity contribution < 1.29 is 24.0 Å². The zero-order valence-corrected chi connectivity index (χ0v) is 11.3. The highest BCUT2D eigenvalue weighted by Gasteiger charge is 2.37. The molecule has 2 rings (SSSR count). The van der Waals surface area contributed by atoms with Gasteiger partial charge in [-0.05, 0) is 25.3 Å². The van der Waals surface area contributed by atoms with Gasteiger partial charge in [0.25, 0.3) is 11.5 Å². The molecule has 1 aliphatic rings. The Morgan fingerprint density at radius 1 is 1.43 bits per heavy atom. The number of carbonyl (C=O) groups is 3. The van der Waals surface area contributed by atoms with Crippen molar-refractivity contribution in [1.82, 2.24) is 0 Å². The Morgan fingerprint density at radius 2 is 2.14 bits per heavy atom. The van der Waals surface area contributed by atoms with Gasteiger partial charge in [0.2, 0.25) is 0 Å². The summed E-state index contributed by atoms with van der Waals surface area (Å²) in [6, 6.07) is 3.98. The second-order valence-electron chi connectivity index (χ2n) is 4.64. The average Bonchev–Trinajstić information content (AvgIpc) is 2.47. The maximum atomic E-state index is 12.3. The SMILES string of the molecule is CCOC(=O)C(=O)C1CCc2ccc([N+](=O)[O-])cc2C1=O. The van der Waals surface area contributed by atoms with Crippen molar-refractivity contribution >= 4 is 23.2 Å². The number of nitro benzene ring substituents is 1. The van der Waals surface area contributed by atoms with E-state index < -0.39 is 28.4 Å². The average molecular weight is 291 g/mol. The molecule has 0 N–H and O–H groups in total. The van der Waals surface area contributed by atoms with Crippen LogP contribution >= 0.6 is 0 Å². The Morgan fingerprint density at radius 3 is 2.76 bits per heavy atom. The summed E-state index contributed by atoms with van der Waals surface area (Å²) >= 11 is 0. The van der Waals surface area contributed by atoms with Crippen molar-refractivity contribution in [3.8, 4) is 0 Å². The number of aryl methyl sites for hydroxylation is 1. The normalized spacial score (nSPS) is 17.0. The smallest absolute Gasteiger partial charge is 0.375 e. The first-order valence-electron chi connectivity index (χ1n) is 6.48. The summed E-state index contributed by atoms with van der Waals surface area (Å²) in [7, 11) is 0. The van der Waals surface area contributed by atoms with E-state index in [2.05, 4.69) is 4.74 Å². The van der Waals surface area contributed by atoms with Gasteiger partial charge in [-0.1, -0.05) is 6.07 Å². The van der Waals surface area contributed by atoms with Crippen LogP contribution in [-0.2, 0) is 20.7 Å². The molecular weight excluding hydrogens is 278 g/mol. The summed E-state index contributed by atoms with van der Waals surface area (Å²) < 4.78 is 4.61. The Bertz CT molecular complexity index is 636. The summed E-state index contributed by atoms with van der Waals surface area (Å²) in [6.45, 7) is 1.61. The first kappa shape index (κ1) is 14.8.